The Morgan fingerprint density at radius 1 is 1.48 bits per heavy atom. The summed E-state index contributed by atoms with van der Waals surface area (Å²) in [5.41, 5.74) is 0. The van der Waals surface area contributed by atoms with Crippen molar-refractivity contribution in [3.8, 4) is 0 Å². The van der Waals surface area contributed by atoms with Gasteiger partial charge in [-0.15, -0.1) is 0 Å². The highest BCUT2D eigenvalue weighted by molar-refractivity contribution is 7.09. The van der Waals surface area contributed by atoms with Gasteiger partial charge in [0.05, 0.1) is 13.0 Å². The number of carbonyl (C=O) groups is 1. The van der Waals surface area contributed by atoms with Crippen LogP contribution in [0.15, 0.2) is 0 Å². The van der Waals surface area contributed by atoms with Gasteiger partial charge in [0.2, 0.25) is 11.0 Å². The van der Waals surface area contributed by atoms with Crippen LogP contribution in [-0.2, 0) is 9.53 Å². The van der Waals surface area contributed by atoms with E-state index >= 15 is 0 Å². The molecule has 0 aromatic carbocycles. The second-order valence-corrected chi connectivity index (χ2v) is 6.41. The van der Waals surface area contributed by atoms with Crippen LogP contribution in [0.1, 0.15) is 44.9 Å². The van der Waals surface area contributed by atoms with E-state index in [-0.39, 0.29) is 5.91 Å². The Kier molecular flexibility index (Phi) is 5.93. The molecule has 2 heterocycles. The molecule has 1 fully saturated rings. The highest BCUT2D eigenvalue weighted by Gasteiger charge is 2.23. The molecule has 0 radical (unpaired) electrons. The number of nitrogens with zero attached hydrogens (tertiary/aromatic N) is 3. The molecule has 2 rings (SSSR count). The molecule has 1 saturated heterocycles. The fourth-order valence-corrected chi connectivity index (χ4v) is 3.11. The van der Waals surface area contributed by atoms with Gasteiger partial charge in [-0.3, -0.25) is 4.79 Å². The monoisotopic (exact) mass is 312 g/mol. The molecular formula is C14H24N4O2S. The van der Waals surface area contributed by atoms with E-state index in [1.807, 2.05) is 4.90 Å². The van der Waals surface area contributed by atoms with Gasteiger partial charge < -0.3 is 15.0 Å². The number of carbonyl (C=O) groups excluding carboxylic acids is 1. The molecule has 1 aromatic heterocycles. The molecule has 1 N–H and O–H groups in total. The normalized spacial score (nSPS) is 16.5. The van der Waals surface area contributed by atoms with Crippen molar-refractivity contribution in [1.29, 1.82) is 0 Å². The number of methoxy groups -OCH3 is 1. The number of aromatic nitrogens is 2. The molecule has 0 atom stereocenters. The topological polar surface area (TPSA) is 67.3 Å². The van der Waals surface area contributed by atoms with E-state index in [0.29, 0.717) is 25.0 Å². The Hall–Kier alpha value is -1.21. The Labute approximate surface area is 130 Å². The molecular weight excluding hydrogens is 288 g/mol. The molecule has 0 bridgehead atoms. The van der Waals surface area contributed by atoms with Gasteiger partial charge in [-0.05, 0) is 12.8 Å². The number of likely N-dealkylation sites (tertiary alicyclic amines) is 1. The third-order valence-corrected chi connectivity index (χ3v) is 4.31. The van der Waals surface area contributed by atoms with E-state index in [2.05, 4.69) is 28.5 Å². The van der Waals surface area contributed by atoms with E-state index in [4.69, 9.17) is 4.74 Å². The molecule has 0 spiro atoms. The number of ether oxygens (including phenoxy) is 1. The minimum absolute atomic E-state index is 0.188. The van der Waals surface area contributed by atoms with Crippen LogP contribution in [0.3, 0.4) is 0 Å². The summed E-state index contributed by atoms with van der Waals surface area (Å²) in [4.78, 5) is 18.3. The fourth-order valence-electron chi connectivity index (χ4n) is 2.32. The van der Waals surface area contributed by atoms with Gasteiger partial charge in [0, 0.05) is 43.7 Å². The highest BCUT2D eigenvalue weighted by Crippen LogP contribution is 2.21. The van der Waals surface area contributed by atoms with Crippen molar-refractivity contribution in [1.82, 2.24) is 14.3 Å². The van der Waals surface area contributed by atoms with Crippen LogP contribution < -0.4 is 5.32 Å². The van der Waals surface area contributed by atoms with Gasteiger partial charge in [0.15, 0.2) is 0 Å². The number of hydrogen-bond donors (Lipinski definition) is 1. The lowest BCUT2D eigenvalue weighted by atomic mass is 10.1. The predicted molar refractivity (Wildman–Crippen MR) is 83.7 cm³/mol. The summed E-state index contributed by atoms with van der Waals surface area (Å²) >= 11 is 1.42. The molecule has 1 aliphatic rings. The summed E-state index contributed by atoms with van der Waals surface area (Å²) in [6, 6.07) is 0.379. The Balaban J connectivity index is 1.77. The zero-order chi connectivity index (χ0) is 15.2. The second kappa shape index (κ2) is 7.70. The summed E-state index contributed by atoms with van der Waals surface area (Å²) in [5, 5.41) is 4.33. The van der Waals surface area contributed by atoms with Crippen LogP contribution >= 0.6 is 11.5 Å². The number of rotatable bonds is 6. The number of anilines is 1. The molecule has 0 saturated carbocycles. The lowest BCUT2D eigenvalue weighted by Gasteiger charge is -2.32. The van der Waals surface area contributed by atoms with Crippen LogP contribution in [0.2, 0.25) is 0 Å². The van der Waals surface area contributed by atoms with Gasteiger partial charge in [-0.2, -0.15) is 4.37 Å². The van der Waals surface area contributed by atoms with Gasteiger partial charge in [-0.1, -0.05) is 13.8 Å². The van der Waals surface area contributed by atoms with E-state index in [9.17, 15) is 4.79 Å². The molecule has 0 unspecified atom stereocenters. The first-order valence-electron chi connectivity index (χ1n) is 7.47. The summed E-state index contributed by atoms with van der Waals surface area (Å²) in [7, 11) is 1.62. The van der Waals surface area contributed by atoms with Crippen molar-refractivity contribution < 1.29 is 9.53 Å². The first kappa shape index (κ1) is 16.2. The number of amides is 1. The van der Waals surface area contributed by atoms with Crippen LogP contribution in [0.25, 0.3) is 0 Å². The summed E-state index contributed by atoms with van der Waals surface area (Å²) < 4.78 is 9.30. The number of hydrogen-bond acceptors (Lipinski definition) is 6. The zero-order valence-corrected chi connectivity index (χ0v) is 13.8. The van der Waals surface area contributed by atoms with Crippen molar-refractivity contribution in [2.75, 3.05) is 32.1 Å². The maximum absolute atomic E-state index is 11.9. The smallest absolute Gasteiger partial charge is 0.224 e. The lowest BCUT2D eigenvalue weighted by Crippen LogP contribution is -2.42. The lowest BCUT2D eigenvalue weighted by molar-refractivity contribution is -0.133. The van der Waals surface area contributed by atoms with Crippen molar-refractivity contribution in [2.24, 2.45) is 0 Å². The SMILES string of the molecule is COCCC(=O)N1CCC(Nc2nc(C(C)C)ns2)CC1. The standard InChI is InChI=1S/C14H24N4O2S/c1-10(2)13-16-14(21-17-13)15-11-4-7-18(8-5-11)12(19)6-9-20-3/h10-11H,4-9H2,1-3H3,(H,15,16,17). The maximum atomic E-state index is 11.9. The molecule has 7 heteroatoms. The first-order valence-corrected chi connectivity index (χ1v) is 8.24. The Morgan fingerprint density at radius 3 is 2.76 bits per heavy atom. The minimum atomic E-state index is 0.188. The number of piperidine rings is 1. The van der Waals surface area contributed by atoms with Gasteiger partial charge >= 0.3 is 0 Å². The number of nitrogens with one attached hydrogen (secondary N) is 1. The predicted octanol–water partition coefficient (Wildman–Crippen LogP) is 2.10. The summed E-state index contributed by atoms with van der Waals surface area (Å²) in [5.74, 6) is 1.44. The maximum Gasteiger partial charge on any atom is 0.224 e. The summed E-state index contributed by atoms with van der Waals surface area (Å²) in [6.07, 6.45) is 2.38. The molecule has 118 valence electrons. The van der Waals surface area contributed by atoms with Crippen molar-refractivity contribution >= 4 is 22.6 Å². The van der Waals surface area contributed by atoms with Crippen molar-refractivity contribution in [2.45, 2.75) is 45.1 Å². The minimum Gasteiger partial charge on any atom is -0.384 e. The molecule has 1 aliphatic heterocycles. The quantitative estimate of drug-likeness (QED) is 0.871. The Bertz CT molecular complexity index is 456. The van der Waals surface area contributed by atoms with E-state index < -0.39 is 0 Å². The fraction of sp³-hybridized carbons (Fsp3) is 0.786. The third kappa shape index (κ3) is 4.64. The molecule has 1 aromatic rings. The van der Waals surface area contributed by atoms with Gasteiger partial charge in [0.25, 0.3) is 0 Å². The van der Waals surface area contributed by atoms with Crippen LogP contribution in [0.4, 0.5) is 5.13 Å². The molecule has 0 aliphatic carbocycles. The van der Waals surface area contributed by atoms with E-state index in [1.54, 1.807) is 7.11 Å². The summed E-state index contributed by atoms with van der Waals surface area (Å²) in [6.45, 7) is 6.29. The van der Waals surface area contributed by atoms with Gasteiger partial charge in [-0.25, -0.2) is 4.98 Å². The Morgan fingerprint density at radius 2 is 2.19 bits per heavy atom. The molecule has 6 nitrogen and oxygen atoms in total. The third-order valence-electron chi connectivity index (χ3n) is 3.65. The van der Waals surface area contributed by atoms with Crippen LogP contribution in [0, 0.1) is 0 Å². The van der Waals surface area contributed by atoms with Crippen molar-refractivity contribution in [3.05, 3.63) is 5.82 Å². The second-order valence-electron chi connectivity index (χ2n) is 5.65. The zero-order valence-electron chi connectivity index (χ0n) is 13.0. The van der Waals surface area contributed by atoms with E-state index in [1.165, 1.54) is 11.5 Å². The van der Waals surface area contributed by atoms with Crippen molar-refractivity contribution in [3.63, 3.8) is 0 Å². The average Bonchev–Trinajstić information content (AvgIpc) is 2.94. The highest BCUT2D eigenvalue weighted by atomic mass is 32.1. The van der Waals surface area contributed by atoms with Crippen LogP contribution in [-0.4, -0.2) is 53.0 Å². The first-order chi connectivity index (χ1) is 10.1. The molecule has 1 amide bonds. The van der Waals surface area contributed by atoms with Gasteiger partial charge in [0.1, 0.15) is 5.82 Å². The van der Waals surface area contributed by atoms with Crippen LogP contribution in [0.5, 0.6) is 0 Å². The largest absolute Gasteiger partial charge is 0.384 e. The van der Waals surface area contributed by atoms with E-state index in [0.717, 1.165) is 36.9 Å². The average molecular weight is 312 g/mol. The molecule has 21 heavy (non-hydrogen) atoms.